The molecule has 1 atom stereocenters. The molecule has 0 saturated heterocycles. The summed E-state index contributed by atoms with van der Waals surface area (Å²) in [7, 11) is 0. The SMILES string of the molecule is CCCO[C@H](CC)C(C)C. The van der Waals surface area contributed by atoms with E-state index in [2.05, 4.69) is 27.7 Å². The third-order valence-corrected chi connectivity index (χ3v) is 1.68. The van der Waals surface area contributed by atoms with E-state index in [1.165, 1.54) is 0 Å². The second kappa shape index (κ2) is 5.72. The minimum absolute atomic E-state index is 0.472. The molecule has 0 amide bonds. The van der Waals surface area contributed by atoms with Crippen LogP contribution in [0.5, 0.6) is 0 Å². The number of rotatable bonds is 5. The Morgan fingerprint density at radius 1 is 1.20 bits per heavy atom. The van der Waals surface area contributed by atoms with Gasteiger partial charge < -0.3 is 4.74 Å². The van der Waals surface area contributed by atoms with E-state index in [4.69, 9.17) is 4.74 Å². The van der Waals surface area contributed by atoms with Gasteiger partial charge in [0.2, 0.25) is 0 Å². The van der Waals surface area contributed by atoms with E-state index in [-0.39, 0.29) is 0 Å². The van der Waals surface area contributed by atoms with Crippen molar-refractivity contribution in [3.63, 3.8) is 0 Å². The molecule has 0 fully saturated rings. The van der Waals surface area contributed by atoms with Crippen molar-refractivity contribution in [2.24, 2.45) is 5.92 Å². The molecule has 0 aliphatic rings. The van der Waals surface area contributed by atoms with Crippen molar-refractivity contribution >= 4 is 0 Å². The van der Waals surface area contributed by atoms with Crippen molar-refractivity contribution in [2.45, 2.75) is 46.6 Å². The summed E-state index contributed by atoms with van der Waals surface area (Å²) in [6, 6.07) is 0. The van der Waals surface area contributed by atoms with Crippen LogP contribution in [-0.2, 0) is 4.74 Å². The van der Waals surface area contributed by atoms with Crippen LogP contribution in [0.15, 0.2) is 0 Å². The van der Waals surface area contributed by atoms with Gasteiger partial charge >= 0.3 is 0 Å². The largest absolute Gasteiger partial charge is 0.378 e. The molecule has 62 valence electrons. The molecule has 0 aliphatic heterocycles. The predicted octanol–water partition coefficient (Wildman–Crippen LogP) is 2.85. The van der Waals surface area contributed by atoms with E-state index < -0.39 is 0 Å². The van der Waals surface area contributed by atoms with Crippen molar-refractivity contribution in [1.29, 1.82) is 0 Å². The Morgan fingerprint density at radius 2 is 1.80 bits per heavy atom. The molecule has 0 aromatic carbocycles. The van der Waals surface area contributed by atoms with Gasteiger partial charge in [0.1, 0.15) is 0 Å². The van der Waals surface area contributed by atoms with Crippen LogP contribution in [0.1, 0.15) is 40.5 Å². The Kier molecular flexibility index (Phi) is 5.70. The highest BCUT2D eigenvalue weighted by Gasteiger charge is 2.09. The van der Waals surface area contributed by atoms with Crippen LogP contribution in [0, 0.1) is 5.92 Å². The van der Waals surface area contributed by atoms with Gasteiger partial charge in [-0.3, -0.25) is 0 Å². The minimum atomic E-state index is 0.472. The van der Waals surface area contributed by atoms with E-state index >= 15 is 0 Å². The first kappa shape index (κ1) is 9.96. The highest BCUT2D eigenvalue weighted by atomic mass is 16.5. The van der Waals surface area contributed by atoms with Gasteiger partial charge in [0.25, 0.3) is 0 Å². The van der Waals surface area contributed by atoms with Gasteiger partial charge in [-0.2, -0.15) is 0 Å². The summed E-state index contributed by atoms with van der Waals surface area (Å²) < 4.78 is 5.60. The fourth-order valence-corrected chi connectivity index (χ4v) is 1.05. The van der Waals surface area contributed by atoms with E-state index in [0.29, 0.717) is 12.0 Å². The highest BCUT2D eigenvalue weighted by molar-refractivity contribution is 4.58. The number of ether oxygens (including phenoxy) is 1. The lowest BCUT2D eigenvalue weighted by atomic mass is 10.1. The van der Waals surface area contributed by atoms with Crippen LogP contribution in [0.25, 0.3) is 0 Å². The normalized spacial score (nSPS) is 14.1. The Bertz CT molecular complexity index is 69.1. The quantitative estimate of drug-likeness (QED) is 0.576. The molecule has 0 aliphatic carbocycles. The van der Waals surface area contributed by atoms with Gasteiger partial charge in [-0.05, 0) is 18.8 Å². The topological polar surface area (TPSA) is 9.23 Å². The second-order valence-corrected chi connectivity index (χ2v) is 3.06. The fourth-order valence-electron chi connectivity index (χ4n) is 1.05. The molecule has 0 spiro atoms. The first-order valence-electron chi connectivity index (χ1n) is 4.33. The first-order valence-corrected chi connectivity index (χ1v) is 4.33. The molecule has 0 rings (SSSR count). The Morgan fingerprint density at radius 3 is 2.10 bits per heavy atom. The van der Waals surface area contributed by atoms with Gasteiger partial charge in [0.05, 0.1) is 6.10 Å². The van der Waals surface area contributed by atoms with Gasteiger partial charge in [0.15, 0.2) is 0 Å². The maximum atomic E-state index is 5.60. The van der Waals surface area contributed by atoms with Crippen LogP contribution in [-0.4, -0.2) is 12.7 Å². The number of hydrogen-bond acceptors (Lipinski definition) is 1. The summed E-state index contributed by atoms with van der Waals surface area (Å²) in [6.07, 6.45) is 2.74. The van der Waals surface area contributed by atoms with E-state index in [1.54, 1.807) is 0 Å². The average Bonchev–Trinajstić information content (AvgIpc) is 1.89. The highest BCUT2D eigenvalue weighted by Crippen LogP contribution is 2.09. The van der Waals surface area contributed by atoms with Gasteiger partial charge in [-0.25, -0.2) is 0 Å². The first-order chi connectivity index (χ1) is 4.72. The summed E-state index contributed by atoms with van der Waals surface area (Å²) in [6.45, 7) is 9.66. The summed E-state index contributed by atoms with van der Waals surface area (Å²) in [4.78, 5) is 0. The Labute approximate surface area is 64.8 Å². The predicted molar refractivity (Wildman–Crippen MR) is 45.2 cm³/mol. The lowest BCUT2D eigenvalue weighted by molar-refractivity contribution is 0.0205. The smallest absolute Gasteiger partial charge is 0.0595 e. The van der Waals surface area contributed by atoms with Crippen LogP contribution in [0.4, 0.5) is 0 Å². The molecule has 0 radical (unpaired) electrons. The Balaban J connectivity index is 3.40. The summed E-state index contributed by atoms with van der Waals surface area (Å²) in [5.41, 5.74) is 0. The van der Waals surface area contributed by atoms with Gasteiger partial charge in [-0.1, -0.05) is 27.7 Å². The third-order valence-electron chi connectivity index (χ3n) is 1.68. The van der Waals surface area contributed by atoms with Crippen molar-refractivity contribution in [2.75, 3.05) is 6.61 Å². The molecule has 0 unspecified atom stereocenters. The maximum Gasteiger partial charge on any atom is 0.0595 e. The molecular formula is C9H20O. The van der Waals surface area contributed by atoms with Crippen molar-refractivity contribution in [3.8, 4) is 0 Å². The fraction of sp³-hybridized carbons (Fsp3) is 1.00. The molecule has 0 aromatic rings. The molecule has 0 heterocycles. The lowest BCUT2D eigenvalue weighted by Crippen LogP contribution is -2.18. The summed E-state index contributed by atoms with van der Waals surface area (Å²) in [5, 5.41) is 0. The van der Waals surface area contributed by atoms with Crippen LogP contribution >= 0.6 is 0 Å². The third kappa shape index (κ3) is 3.89. The molecule has 1 nitrogen and oxygen atoms in total. The molecular weight excluding hydrogens is 124 g/mol. The van der Waals surface area contributed by atoms with Crippen LogP contribution < -0.4 is 0 Å². The van der Waals surface area contributed by atoms with Gasteiger partial charge in [-0.15, -0.1) is 0 Å². The zero-order valence-corrected chi connectivity index (χ0v) is 7.68. The van der Waals surface area contributed by atoms with E-state index in [9.17, 15) is 0 Å². The lowest BCUT2D eigenvalue weighted by Gasteiger charge is -2.18. The van der Waals surface area contributed by atoms with Crippen molar-refractivity contribution in [1.82, 2.24) is 0 Å². The van der Waals surface area contributed by atoms with Crippen LogP contribution in [0.3, 0.4) is 0 Å². The van der Waals surface area contributed by atoms with Gasteiger partial charge in [0, 0.05) is 6.61 Å². The minimum Gasteiger partial charge on any atom is -0.378 e. The maximum absolute atomic E-state index is 5.60. The number of hydrogen-bond donors (Lipinski definition) is 0. The standard InChI is InChI=1S/C9H20O/c1-5-7-10-9(6-2)8(3)4/h8-9H,5-7H2,1-4H3/t9-/m1/s1. The molecule has 0 N–H and O–H groups in total. The van der Waals surface area contributed by atoms with Crippen LogP contribution in [0.2, 0.25) is 0 Å². The van der Waals surface area contributed by atoms with Crippen molar-refractivity contribution < 1.29 is 4.74 Å². The summed E-state index contributed by atoms with van der Waals surface area (Å²) in [5.74, 6) is 0.663. The average molecular weight is 144 g/mol. The second-order valence-electron chi connectivity index (χ2n) is 3.06. The Hall–Kier alpha value is -0.0400. The zero-order chi connectivity index (χ0) is 7.98. The molecule has 10 heavy (non-hydrogen) atoms. The zero-order valence-electron chi connectivity index (χ0n) is 7.68. The monoisotopic (exact) mass is 144 g/mol. The van der Waals surface area contributed by atoms with Crippen molar-refractivity contribution in [3.05, 3.63) is 0 Å². The molecule has 0 saturated carbocycles. The van der Waals surface area contributed by atoms with E-state index in [1.807, 2.05) is 0 Å². The molecule has 0 aromatic heterocycles. The molecule has 1 heteroatoms. The van der Waals surface area contributed by atoms with E-state index in [0.717, 1.165) is 19.4 Å². The molecule has 0 bridgehead atoms. The summed E-state index contributed by atoms with van der Waals surface area (Å²) >= 11 is 0.